The van der Waals surface area contributed by atoms with Gasteiger partial charge in [0, 0.05) is 11.8 Å². The van der Waals surface area contributed by atoms with Gasteiger partial charge < -0.3 is 25.2 Å². The Bertz CT molecular complexity index is 1410. The summed E-state index contributed by atoms with van der Waals surface area (Å²) in [6.45, 7) is 0.729. The molecule has 3 aromatic rings. The van der Waals surface area contributed by atoms with Crippen LogP contribution in [0.25, 0.3) is 0 Å². The molecule has 11 nitrogen and oxygen atoms in total. The molecule has 0 aliphatic carbocycles. The summed E-state index contributed by atoms with van der Waals surface area (Å²) in [6.07, 6.45) is -0.187. The number of hydrogen-bond donors (Lipinski definition) is 3. The van der Waals surface area contributed by atoms with Crippen LogP contribution in [0.4, 0.5) is 14.3 Å². The van der Waals surface area contributed by atoms with E-state index in [1.165, 1.54) is 23.6 Å². The van der Waals surface area contributed by atoms with Crippen LogP contribution < -0.4 is 20.1 Å². The normalized spacial score (nSPS) is 17.3. The smallest absolute Gasteiger partial charge is 0.355 e. The number of anilines is 1. The Morgan fingerprint density at radius 1 is 1.19 bits per heavy atom. The van der Waals surface area contributed by atoms with Crippen LogP contribution in [0.3, 0.4) is 0 Å². The number of carboxylic acids is 1. The molecule has 3 heterocycles. The van der Waals surface area contributed by atoms with Crippen LogP contribution >= 0.6 is 11.3 Å². The van der Waals surface area contributed by atoms with Gasteiger partial charge in [-0.2, -0.15) is 0 Å². The minimum absolute atomic E-state index is 0.0258. The molecular formula is C24H19FN4O7S. The molecule has 2 aromatic carbocycles. The number of amides is 4. The number of benzene rings is 2. The third-order valence-corrected chi connectivity index (χ3v) is 6.51. The van der Waals surface area contributed by atoms with Gasteiger partial charge in [-0.05, 0) is 35.4 Å². The maximum Gasteiger partial charge on any atom is 0.355 e. The fourth-order valence-corrected chi connectivity index (χ4v) is 4.75. The Labute approximate surface area is 212 Å². The second-order valence-corrected chi connectivity index (χ2v) is 9.03. The molecule has 3 N–H and O–H groups in total. The fourth-order valence-electron chi connectivity index (χ4n) is 4.06. The summed E-state index contributed by atoms with van der Waals surface area (Å²) < 4.78 is 24.9. The number of carboxylic acid groups (broad SMARTS) is 1. The molecule has 5 rings (SSSR count). The van der Waals surface area contributed by atoms with Crippen molar-refractivity contribution < 1.29 is 38.1 Å². The summed E-state index contributed by atoms with van der Waals surface area (Å²) in [4.78, 5) is 55.5. The van der Waals surface area contributed by atoms with Crippen molar-refractivity contribution in [2.24, 2.45) is 0 Å². The fraction of sp³-hybridized carbons (Fsp3) is 0.208. The van der Waals surface area contributed by atoms with E-state index in [1.807, 2.05) is 0 Å². The van der Waals surface area contributed by atoms with Crippen LogP contribution in [0.2, 0.25) is 0 Å². The first-order valence-electron chi connectivity index (χ1n) is 11.1. The van der Waals surface area contributed by atoms with Crippen LogP contribution in [0.5, 0.6) is 11.5 Å². The average molecular weight is 527 g/mol. The monoisotopic (exact) mass is 526 g/mol. The van der Waals surface area contributed by atoms with Crippen LogP contribution in [-0.4, -0.2) is 58.1 Å². The van der Waals surface area contributed by atoms with Crippen molar-refractivity contribution in [2.75, 3.05) is 18.5 Å². The molecule has 0 radical (unpaired) electrons. The SMILES string of the molecule is O=C(O)c1csc(NC(=O)[C@H](Cc2cccc(F)c2)N2C(=O)N[C@H](c3ccc4c(c3)OCCO4)C2=O)n1. The van der Waals surface area contributed by atoms with Crippen molar-refractivity contribution >= 4 is 40.3 Å². The van der Waals surface area contributed by atoms with Gasteiger partial charge in [0.2, 0.25) is 5.91 Å². The first kappa shape index (κ1) is 24.2. The molecule has 0 spiro atoms. The average Bonchev–Trinajstić information content (AvgIpc) is 3.46. The van der Waals surface area contributed by atoms with Crippen molar-refractivity contribution in [2.45, 2.75) is 18.5 Å². The number of fused-ring (bicyclic) bond motifs is 1. The minimum atomic E-state index is -1.38. The van der Waals surface area contributed by atoms with E-state index in [4.69, 9.17) is 14.6 Å². The molecule has 37 heavy (non-hydrogen) atoms. The summed E-state index contributed by atoms with van der Waals surface area (Å²) in [7, 11) is 0. The van der Waals surface area contributed by atoms with E-state index in [9.17, 15) is 23.6 Å². The Balaban J connectivity index is 1.44. The summed E-state index contributed by atoms with van der Waals surface area (Å²) in [5.41, 5.74) is 0.533. The highest BCUT2D eigenvalue weighted by Gasteiger charge is 2.45. The number of carbonyl (C=O) groups excluding carboxylic acids is 3. The quantitative estimate of drug-likeness (QED) is 0.398. The number of halogens is 1. The molecule has 0 saturated carbocycles. The van der Waals surface area contributed by atoms with Crippen molar-refractivity contribution in [1.82, 2.24) is 15.2 Å². The highest BCUT2D eigenvalue weighted by molar-refractivity contribution is 7.14. The molecular weight excluding hydrogens is 507 g/mol. The number of rotatable bonds is 7. The zero-order chi connectivity index (χ0) is 26.1. The van der Waals surface area contributed by atoms with Crippen molar-refractivity contribution in [3.05, 3.63) is 70.5 Å². The third kappa shape index (κ3) is 4.93. The van der Waals surface area contributed by atoms with Gasteiger partial charge in [0.1, 0.15) is 31.1 Å². The van der Waals surface area contributed by atoms with E-state index in [0.29, 0.717) is 35.8 Å². The lowest BCUT2D eigenvalue weighted by Gasteiger charge is -2.24. The number of hydrogen-bond acceptors (Lipinski definition) is 8. The first-order chi connectivity index (χ1) is 17.8. The maximum absolute atomic E-state index is 13.8. The minimum Gasteiger partial charge on any atom is -0.486 e. The third-order valence-electron chi connectivity index (χ3n) is 5.76. The molecule has 190 valence electrons. The van der Waals surface area contributed by atoms with E-state index in [0.717, 1.165) is 16.2 Å². The zero-order valence-electron chi connectivity index (χ0n) is 19.0. The van der Waals surface area contributed by atoms with E-state index >= 15 is 0 Å². The Morgan fingerprint density at radius 3 is 2.70 bits per heavy atom. The molecule has 13 heteroatoms. The van der Waals surface area contributed by atoms with E-state index in [1.54, 1.807) is 24.3 Å². The van der Waals surface area contributed by atoms with Crippen LogP contribution in [0.1, 0.15) is 27.7 Å². The predicted octanol–water partition coefficient (Wildman–Crippen LogP) is 2.59. The van der Waals surface area contributed by atoms with Gasteiger partial charge in [-0.15, -0.1) is 11.3 Å². The molecule has 0 unspecified atom stereocenters. The molecule has 1 saturated heterocycles. The lowest BCUT2D eigenvalue weighted by molar-refractivity contribution is -0.134. The number of urea groups is 1. The van der Waals surface area contributed by atoms with Crippen molar-refractivity contribution in [3.8, 4) is 11.5 Å². The summed E-state index contributed by atoms with van der Waals surface area (Å²) >= 11 is 0.873. The van der Waals surface area contributed by atoms with Crippen LogP contribution in [-0.2, 0) is 16.0 Å². The number of nitrogens with zero attached hydrogens (tertiary/aromatic N) is 2. The molecule has 4 amide bonds. The number of thiazole rings is 1. The zero-order valence-corrected chi connectivity index (χ0v) is 19.8. The van der Waals surface area contributed by atoms with Crippen LogP contribution in [0, 0.1) is 5.82 Å². The summed E-state index contributed by atoms with van der Waals surface area (Å²) in [5.74, 6) is -2.36. The molecule has 2 atom stereocenters. The standard InChI is InChI=1S/C24H19FN4O7S/c25-14-3-1-2-12(8-14)9-16(20(30)28-23-26-15(11-37-23)22(32)33)29-21(31)19(27-24(29)34)13-4-5-17-18(10-13)36-7-6-35-17/h1-5,8,10-11,16,19H,6-7,9H2,(H,27,34)(H,32,33)(H,26,28,30)/t16-,19+/m0/s1. The van der Waals surface area contributed by atoms with Gasteiger partial charge in [-0.1, -0.05) is 18.2 Å². The van der Waals surface area contributed by atoms with Crippen LogP contribution in [0.15, 0.2) is 47.8 Å². The molecule has 2 aliphatic heterocycles. The molecule has 0 bridgehead atoms. The highest BCUT2D eigenvalue weighted by Crippen LogP contribution is 2.35. The Hall–Kier alpha value is -4.52. The highest BCUT2D eigenvalue weighted by atomic mass is 32.1. The number of aromatic nitrogens is 1. The van der Waals surface area contributed by atoms with Gasteiger partial charge in [0.15, 0.2) is 22.3 Å². The van der Waals surface area contributed by atoms with Gasteiger partial charge in [0.05, 0.1) is 0 Å². The number of nitrogens with one attached hydrogen (secondary N) is 2. The lowest BCUT2D eigenvalue weighted by Crippen LogP contribution is -2.49. The number of carbonyl (C=O) groups is 4. The number of imide groups is 1. The topological polar surface area (TPSA) is 147 Å². The van der Waals surface area contributed by atoms with Crippen molar-refractivity contribution in [1.29, 1.82) is 0 Å². The second kappa shape index (κ2) is 9.85. The molecule has 1 fully saturated rings. The van der Waals surface area contributed by atoms with E-state index in [-0.39, 0.29) is 17.2 Å². The predicted molar refractivity (Wildman–Crippen MR) is 127 cm³/mol. The van der Waals surface area contributed by atoms with Gasteiger partial charge >= 0.3 is 12.0 Å². The largest absolute Gasteiger partial charge is 0.486 e. The number of ether oxygens (including phenoxy) is 2. The van der Waals surface area contributed by atoms with Gasteiger partial charge in [0.25, 0.3) is 5.91 Å². The Kier molecular flexibility index (Phi) is 6.44. The van der Waals surface area contributed by atoms with E-state index < -0.39 is 41.7 Å². The van der Waals surface area contributed by atoms with Gasteiger partial charge in [-0.25, -0.2) is 23.9 Å². The maximum atomic E-state index is 13.8. The molecule has 2 aliphatic rings. The second-order valence-electron chi connectivity index (χ2n) is 8.18. The number of aromatic carboxylic acids is 1. The summed E-state index contributed by atoms with van der Waals surface area (Å²) in [6, 6.07) is 6.98. The van der Waals surface area contributed by atoms with E-state index in [2.05, 4.69) is 15.6 Å². The van der Waals surface area contributed by atoms with Crippen molar-refractivity contribution in [3.63, 3.8) is 0 Å². The summed E-state index contributed by atoms with van der Waals surface area (Å²) in [5, 5.41) is 15.4. The lowest BCUT2D eigenvalue weighted by atomic mass is 10.0. The van der Waals surface area contributed by atoms with Gasteiger partial charge in [-0.3, -0.25) is 9.59 Å². The first-order valence-corrected chi connectivity index (χ1v) is 12.0. The Morgan fingerprint density at radius 2 is 1.97 bits per heavy atom. The molecule has 1 aromatic heterocycles.